The highest BCUT2D eigenvalue weighted by atomic mass is 32.2. The number of benzene rings is 2. The largest absolute Gasteiger partial charge is 0.508 e. The molecule has 0 spiro atoms. The number of hydrogen-bond donors (Lipinski definition) is 2. The predicted octanol–water partition coefficient (Wildman–Crippen LogP) is 1.87. The maximum Gasteiger partial charge on any atom is 0.295 e. The van der Waals surface area contributed by atoms with Gasteiger partial charge in [-0.3, -0.25) is 9.59 Å². The molecule has 2 aromatic carbocycles. The number of methoxy groups -OCH3 is 1. The lowest BCUT2D eigenvalue weighted by molar-refractivity contribution is -0.140. The Morgan fingerprint density at radius 1 is 1.11 bits per heavy atom. The Balaban J connectivity index is 1.72. The van der Waals surface area contributed by atoms with Gasteiger partial charge in [0.2, 0.25) is 10.0 Å². The number of rotatable bonds is 8. The number of carbonyl (C=O) groups excluding carboxylic acids is 2. The van der Waals surface area contributed by atoms with Gasteiger partial charge in [-0.1, -0.05) is 12.1 Å². The van der Waals surface area contributed by atoms with Crippen LogP contribution in [0.2, 0.25) is 0 Å². The Morgan fingerprint density at radius 2 is 1.81 bits per heavy atom. The monoisotopic (exact) mass is 516 g/mol. The number of morpholine rings is 1. The smallest absolute Gasteiger partial charge is 0.295 e. The second-order valence-electron chi connectivity index (χ2n) is 8.47. The number of hydrogen-bond acceptors (Lipinski definition) is 8. The van der Waals surface area contributed by atoms with Crippen molar-refractivity contribution in [1.82, 2.24) is 9.21 Å². The van der Waals surface area contributed by atoms with Crippen molar-refractivity contribution < 1.29 is 37.7 Å². The van der Waals surface area contributed by atoms with E-state index in [1.165, 1.54) is 52.7 Å². The molecule has 2 aromatic rings. The van der Waals surface area contributed by atoms with Crippen molar-refractivity contribution in [3.63, 3.8) is 0 Å². The van der Waals surface area contributed by atoms with Gasteiger partial charge >= 0.3 is 0 Å². The molecule has 1 unspecified atom stereocenters. The number of likely N-dealkylation sites (tertiary alicyclic amines) is 1. The molecule has 10 nitrogen and oxygen atoms in total. The van der Waals surface area contributed by atoms with Crippen LogP contribution in [-0.4, -0.2) is 86.1 Å². The average molecular weight is 517 g/mol. The van der Waals surface area contributed by atoms with Gasteiger partial charge in [0, 0.05) is 38.9 Å². The van der Waals surface area contributed by atoms with Crippen molar-refractivity contribution in [3.8, 4) is 5.75 Å². The molecule has 0 radical (unpaired) electrons. The summed E-state index contributed by atoms with van der Waals surface area (Å²) in [7, 11) is -2.20. The van der Waals surface area contributed by atoms with Crippen LogP contribution in [0.15, 0.2) is 59.0 Å². The van der Waals surface area contributed by atoms with Gasteiger partial charge in [-0.2, -0.15) is 4.31 Å². The molecule has 0 bridgehead atoms. The first-order chi connectivity index (χ1) is 17.3. The highest BCUT2D eigenvalue weighted by molar-refractivity contribution is 7.89. The number of phenols is 1. The third-order valence-electron chi connectivity index (χ3n) is 6.21. The topological polar surface area (TPSA) is 134 Å². The number of carbonyl (C=O) groups is 2. The van der Waals surface area contributed by atoms with Gasteiger partial charge in [0.05, 0.1) is 29.7 Å². The quantitative estimate of drug-likeness (QED) is 0.235. The van der Waals surface area contributed by atoms with E-state index in [9.17, 15) is 28.2 Å². The fourth-order valence-corrected chi connectivity index (χ4v) is 5.82. The third-order valence-corrected chi connectivity index (χ3v) is 8.12. The SMILES string of the molecule is COCCCN1C(=O)C(=O)/C(=C(\O)c2ccc(S(=O)(=O)N3CCOCC3)cc2)C1c1cccc(O)c1. The van der Waals surface area contributed by atoms with E-state index < -0.39 is 33.5 Å². The van der Waals surface area contributed by atoms with E-state index in [1.807, 2.05) is 0 Å². The Kier molecular flexibility index (Phi) is 7.74. The van der Waals surface area contributed by atoms with Crippen LogP contribution in [0.25, 0.3) is 5.76 Å². The molecule has 2 N–H and O–H groups in total. The molecule has 2 aliphatic heterocycles. The Hall–Kier alpha value is -3.25. The van der Waals surface area contributed by atoms with E-state index in [0.717, 1.165) is 0 Å². The highest BCUT2D eigenvalue weighted by Gasteiger charge is 2.46. The fourth-order valence-electron chi connectivity index (χ4n) is 4.41. The summed E-state index contributed by atoms with van der Waals surface area (Å²) in [5, 5.41) is 21.2. The number of nitrogens with zero attached hydrogens (tertiary/aromatic N) is 2. The van der Waals surface area contributed by atoms with Crippen molar-refractivity contribution in [1.29, 1.82) is 0 Å². The lowest BCUT2D eigenvalue weighted by atomic mass is 9.95. The number of ether oxygens (including phenoxy) is 2. The second kappa shape index (κ2) is 10.8. The lowest BCUT2D eigenvalue weighted by Gasteiger charge is -2.26. The van der Waals surface area contributed by atoms with E-state index in [1.54, 1.807) is 12.1 Å². The standard InChI is InChI=1S/C25H28N2O8S/c1-34-13-3-10-27-22(18-4-2-5-19(28)16-18)21(24(30)25(27)31)23(29)17-6-8-20(9-7-17)36(32,33)26-11-14-35-15-12-26/h2,4-9,16,22,28-29H,3,10-15H2,1H3/b23-21-. The number of aromatic hydroxyl groups is 1. The maximum absolute atomic E-state index is 13.0. The van der Waals surface area contributed by atoms with Gasteiger partial charge in [-0.15, -0.1) is 0 Å². The zero-order valence-electron chi connectivity index (χ0n) is 19.8. The summed E-state index contributed by atoms with van der Waals surface area (Å²) in [6.07, 6.45) is 0.465. The maximum atomic E-state index is 13.0. The summed E-state index contributed by atoms with van der Waals surface area (Å²) >= 11 is 0. The highest BCUT2D eigenvalue weighted by Crippen LogP contribution is 2.40. The summed E-state index contributed by atoms with van der Waals surface area (Å²) in [6.45, 7) is 1.71. The molecule has 2 saturated heterocycles. The second-order valence-corrected chi connectivity index (χ2v) is 10.4. The normalized spacial score (nSPS) is 20.7. The average Bonchev–Trinajstić information content (AvgIpc) is 3.14. The Morgan fingerprint density at radius 3 is 2.44 bits per heavy atom. The van der Waals surface area contributed by atoms with Crippen LogP contribution in [0.1, 0.15) is 23.6 Å². The minimum Gasteiger partial charge on any atom is -0.508 e. The summed E-state index contributed by atoms with van der Waals surface area (Å²) in [6, 6.07) is 10.7. The van der Waals surface area contributed by atoms with Crippen LogP contribution in [0.5, 0.6) is 5.75 Å². The first-order valence-corrected chi connectivity index (χ1v) is 12.9. The van der Waals surface area contributed by atoms with Crippen molar-refractivity contribution in [2.24, 2.45) is 0 Å². The van der Waals surface area contributed by atoms with Crippen molar-refractivity contribution >= 4 is 27.5 Å². The molecule has 0 aromatic heterocycles. The molecule has 1 atom stereocenters. The number of Topliss-reactive ketones (excluding diaryl/α,β-unsaturated/α-hetero) is 1. The van der Waals surface area contributed by atoms with Crippen LogP contribution in [0.3, 0.4) is 0 Å². The molecule has 2 fully saturated rings. The number of aliphatic hydroxyl groups excluding tert-OH is 1. The summed E-state index contributed by atoms with van der Waals surface area (Å²) in [5.74, 6) is -2.10. The van der Waals surface area contributed by atoms with Crippen LogP contribution in [0, 0.1) is 0 Å². The van der Waals surface area contributed by atoms with Crippen molar-refractivity contribution in [3.05, 3.63) is 65.2 Å². The summed E-state index contributed by atoms with van der Waals surface area (Å²) in [5.41, 5.74) is 0.516. The zero-order valence-corrected chi connectivity index (χ0v) is 20.6. The van der Waals surface area contributed by atoms with E-state index in [-0.39, 0.29) is 41.4 Å². The van der Waals surface area contributed by atoms with E-state index in [2.05, 4.69) is 0 Å². The number of phenolic OH excluding ortho intramolecular Hbond substituents is 1. The summed E-state index contributed by atoms with van der Waals surface area (Å²) < 4.78 is 37.4. The van der Waals surface area contributed by atoms with Gasteiger partial charge in [-0.25, -0.2) is 8.42 Å². The molecule has 0 aliphatic carbocycles. The first-order valence-electron chi connectivity index (χ1n) is 11.5. The molecule has 2 aliphatic rings. The lowest BCUT2D eigenvalue weighted by Crippen LogP contribution is -2.40. The molecule has 36 heavy (non-hydrogen) atoms. The fraction of sp³-hybridized carbons (Fsp3) is 0.360. The van der Waals surface area contributed by atoms with Crippen molar-refractivity contribution in [2.45, 2.75) is 17.4 Å². The van der Waals surface area contributed by atoms with Gasteiger partial charge < -0.3 is 24.6 Å². The van der Waals surface area contributed by atoms with Crippen LogP contribution < -0.4 is 0 Å². The molecule has 192 valence electrons. The number of sulfonamides is 1. The predicted molar refractivity (Wildman–Crippen MR) is 130 cm³/mol. The van der Waals surface area contributed by atoms with Crippen LogP contribution in [0.4, 0.5) is 0 Å². The van der Waals surface area contributed by atoms with E-state index in [4.69, 9.17) is 9.47 Å². The summed E-state index contributed by atoms with van der Waals surface area (Å²) in [4.78, 5) is 27.3. The third kappa shape index (κ3) is 5.00. The van der Waals surface area contributed by atoms with Gasteiger partial charge in [-0.05, 0) is 48.4 Å². The Labute approximate surface area is 209 Å². The zero-order chi connectivity index (χ0) is 25.9. The molecule has 0 saturated carbocycles. The molecular formula is C25H28N2O8S. The number of amides is 1. The molecule has 2 heterocycles. The van der Waals surface area contributed by atoms with E-state index >= 15 is 0 Å². The minimum atomic E-state index is -3.74. The van der Waals surface area contributed by atoms with Gasteiger partial charge in [0.1, 0.15) is 11.5 Å². The van der Waals surface area contributed by atoms with Crippen LogP contribution in [-0.2, 0) is 29.1 Å². The van der Waals surface area contributed by atoms with Crippen LogP contribution >= 0.6 is 0 Å². The first kappa shape index (κ1) is 25.8. The van der Waals surface area contributed by atoms with Gasteiger partial charge in [0.15, 0.2) is 0 Å². The van der Waals surface area contributed by atoms with E-state index in [0.29, 0.717) is 31.8 Å². The molecule has 4 rings (SSSR count). The minimum absolute atomic E-state index is 0.0468. The number of aliphatic hydroxyl groups is 1. The van der Waals surface area contributed by atoms with Crippen molar-refractivity contribution in [2.75, 3.05) is 46.6 Å². The molecule has 1 amide bonds. The molecular weight excluding hydrogens is 488 g/mol. The Bertz CT molecular complexity index is 1270. The number of ketones is 1. The molecule has 11 heteroatoms. The van der Waals surface area contributed by atoms with Gasteiger partial charge in [0.25, 0.3) is 11.7 Å².